The highest BCUT2D eigenvalue weighted by molar-refractivity contribution is 5.76. The van der Waals surface area contributed by atoms with Crippen LogP contribution < -0.4 is 5.32 Å². The normalized spacial score (nSPS) is 13.2. The second-order valence-corrected chi connectivity index (χ2v) is 9.83. The third kappa shape index (κ3) is 21.2. The second kappa shape index (κ2) is 25.0. The van der Waals surface area contributed by atoms with Crippen molar-refractivity contribution in [2.75, 3.05) is 6.61 Å². The molecule has 0 rings (SSSR count). The number of aliphatic hydroxyl groups excluding tert-OH is 2. The molecule has 192 valence electrons. The van der Waals surface area contributed by atoms with Crippen LogP contribution >= 0.6 is 0 Å². The van der Waals surface area contributed by atoms with Crippen LogP contribution in [0.2, 0.25) is 0 Å². The van der Waals surface area contributed by atoms with E-state index >= 15 is 0 Å². The van der Waals surface area contributed by atoms with Gasteiger partial charge in [-0.05, 0) is 12.8 Å². The fraction of sp³-hybridized carbons (Fsp3) is 0.964. The Morgan fingerprint density at radius 3 is 1.38 bits per heavy atom. The molecule has 1 amide bonds. The number of carbonyl (C=O) groups is 1. The maximum Gasteiger partial charge on any atom is 0.220 e. The third-order valence-electron chi connectivity index (χ3n) is 6.62. The van der Waals surface area contributed by atoms with E-state index < -0.39 is 12.1 Å². The first kappa shape index (κ1) is 31.4. The van der Waals surface area contributed by atoms with Crippen molar-refractivity contribution in [1.29, 1.82) is 0 Å². The van der Waals surface area contributed by atoms with Gasteiger partial charge >= 0.3 is 0 Å². The average Bonchev–Trinajstić information content (AvgIpc) is 2.80. The third-order valence-corrected chi connectivity index (χ3v) is 6.62. The van der Waals surface area contributed by atoms with Gasteiger partial charge in [-0.3, -0.25) is 4.79 Å². The van der Waals surface area contributed by atoms with Crippen LogP contribution in [0.1, 0.15) is 155 Å². The van der Waals surface area contributed by atoms with Crippen molar-refractivity contribution < 1.29 is 15.0 Å². The molecule has 32 heavy (non-hydrogen) atoms. The Morgan fingerprint density at radius 1 is 0.625 bits per heavy atom. The molecule has 0 saturated heterocycles. The molecule has 0 aromatic heterocycles. The minimum absolute atomic E-state index is 0.0669. The van der Waals surface area contributed by atoms with Gasteiger partial charge in [0.15, 0.2) is 0 Å². The van der Waals surface area contributed by atoms with Gasteiger partial charge in [-0.1, -0.05) is 136 Å². The fourth-order valence-corrected chi connectivity index (χ4v) is 4.34. The number of aliphatic hydroxyl groups is 2. The van der Waals surface area contributed by atoms with Gasteiger partial charge in [0, 0.05) is 6.42 Å². The Hall–Kier alpha value is -0.610. The predicted octanol–water partition coefficient (Wildman–Crippen LogP) is 7.45. The van der Waals surface area contributed by atoms with E-state index in [1.165, 1.54) is 103 Å². The lowest BCUT2D eigenvalue weighted by molar-refractivity contribution is -0.123. The van der Waals surface area contributed by atoms with Crippen molar-refractivity contribution in [3.63, 3.8) is 0 Å². The van der Waals surface area contributed by atoms with Gasteiger partial charge in [-0.15, -0.1) is 0 Å². The molecule has 4 nitrogen and oxygen atoms in total. The summed E-state index contributed by atoms with van der Waals surface area (Å²) in [6.45, 7) is 4.13. The molecule has 3 N–H and O–H groups in total. The van der Waals surface area contributed by atoms with E-state index in [4.69, 9.17) is 0 Å². The van der Waals surface area contributed by atoms with Gasteiger partial charge in [0.05, 0.1) is 18.8 Å². The van der Waals surface area contributed by atoms with Crippen LogP contribution in [0.15, 0.2) is 0 Å². The minimum Gasteiger partial charge on any atom is -0.394 e. The first-order valence-electron chi connectivity index (χ1n) is 14.2. The van der Waals surface area contributed by atoms with E-state index in [9.17, 15) is 15.0 Å². The number of carbonyl (C=O) groups excluding carboxylic acids is 1. The molecule has 0 aliphatic rings. The Bertz CT molecular complexity index is 389. The van der Waals surface area contributed by atoms with Crippen LogP contribution in [-0.2, 0) is 4.79 Å². The van der Waals surface area contributed by atoms with E-state index in [2.05, 4.69) is 12.2 Å². The summed E-state index contributed by atoms with van der Waals surface area (Å²) in [5, 5.41) is 22.5. The molecule has 0 saturated carbocycles. The molecule has 4 heteroatoms. The lowest BCUT2D eigenvalue weighted by atomic mass is 10.0. The van der Waals surface area contributed by atoms with Gasteiger partial charge < -0.3 is 15.5 Å². The number of amides is 1. The standard InChI is InChI=1S/C28H57NO3/c1-3-5-7-8-9-10-11-12-13-14-15-16-17-18-19-20-21-22-23-27(31)26(25-30)29-28(32)24-6-4-2/h26-27,30-31H,3-25H2,1-2H3,(H,29,32). The average molecular weight is 456 g/mol. The van der Waals surface area contributed by atoms with E-state index in [0.717, 1.165) is 25.7 Å². The Balaban J connectivity index is 3.38. The second-order valence-electron chi connectivity index (χ2n) is 9.83. The summed E-state index contributed by atoms with van der Waals surface area (Å²) in [4.78, 5) is 11.8. The summed E-state index contributed by atoms with van der Waals surface area (Å²) in [7, 11) is 0. The number of nitrogens with one attached hydrogen (secondary N) is 1. The zero-order valence-electron chi connectivity index (χ0n) is 21.7. The van der Waals surface area contributed by atoms with E-state index in [1.807, 2.05) is 6.92 Å². The summed E-state index contributed by atoms with van der Waals surface area (Å²) in [5.41, 5.74) is 0. The molecule has 0 spiro atoms. The molecular weight excluding hydrogens is 398 g/mol. The largest absolute Gasteiger partial charge is 0.394 e. The Kier molecular flexibility index (Phi) is 24.5. The van der Waals surface area contributed by atoms with Gasteiger partial charge in [0.2, 0.25) is 5.91 Å². The molecule has 0 bridgehead atoms. The van der Waals surface area contributed by atoms with E-state index in [1.54, 1.807) is 0 Å². The summed E-state index contributed by atoms with van der Waals surface area (Å²) in [6.07, 6.45) is 26.5. The van der Waals surface area contributed by atoms with Crippen LogP contribution in [0.3, 0.4) is 0 Å². The Labute approximate surface area is 200 Å². The fourth-order valence-electron chi connectivity index (χ4n) is 4.34. The molecule has 0 aliphatic carbocycles. The maximum atomic E-state index is 11.8. The SMILES string of the molecule is CCCCCCCCCCCCCCCCCCCCC(O)C(CO)NC(=O)CCCC. The molecule has 0 heterocycles. The monoisotopic (exact) mass is 455 g/mol. The van der Waals surface area contributed by atoms with Crippen LogP contribution in [0.25, 0.3) is 0 Å². The van der Waals surface area contributed by atoms with Crippen molar-refractivity contribution in [2.24, 2.45) is 0 Å². The topological polar surface area (TPSA) is 69.6 Å². The maximum absolute atomic E-state index is 11.8. The van der Waals surface area contributed by atoms with Crippen LogP contribution in [0.4, 0.5) is 0 Å². The lowest BCUT2D eigenvalue weighted by Crippen LogP contribution is -2.45. The summed E-state index contributed by atoms with van der Waals surface area (Å²) in [6, 6.07) is -0.523. The number of hydrogen-bond donors (Lipinski definition) is 3. The van der Waals surface area contributed by atoms with Crippen LogP contribution in [0, 0.1) is 0 Å². The molecule has 0 aliphatic heterocycles. The van der Waals surface area contributed by atoms with Crippen LogP contribution in [0.5, 0.6) is 0 Å². The van der Waals surface area contributed by atoms with Crippen LogP contribution in [-0.4, -0.2) is 34.9 Å². The number of rotatable bonds is 25. The van der Waals surface area contributed by atoms with E-state index in [-0.39, 0.29) is 12.5 Å². The molecule has 0 aromatic carbocycles. The summed E-state index contributed by atoms with van der Waals surface area (Å²) in [5.74, 6) is -0.0669. The van der Waals surface area contributed by atoms with Crippen molar-refractivity contribution in [2.45, 2.75) is 167 Å². The van der Waals surface area contributed by atoms with Gasteiger partial charge in [0.1, 0.15) is 0 Å². The van der Waals surface area contributed by atoms with Crippen molar-refractivity contribution in [3.05, 3.63) is 0 Å². The first-order valence-corrected chi connectivity index (χ1v) is 14.2. The van der Waals surface area contributed by atoms with Gasteiger partial charge in [-0.25, -0.2) is 0 Å². The van der Waals surface area contributed by atoms with E-state index in [0.29, 0.717) is 12.8 Å². The van der Waals surface area contributed by atoms with Crippen molar-refractivity contribution in [1.82, 2.24) is 5.32 Å². The lowest BCUT2D eigenvalue weighted by Gasteiger charge is -2.22. The Morgan fingerprint density at radius 2 is 1.00 bits per heavy atom. The number of hydrogen-bond acceptors (Lipinski definition) is 3. The first-order chi connectivity index (χ1) is 15.7. The zero-order chi connectivity index (χ0) is 23.7. The highest BCUT2D eigenvalue weighted by Gasteiger charge is 2.19. The van der Waals surface area contributed by atoms with Crippen molar-refractivity contribution >= 4 is 5.91 Å². The number of unbranched alkanes of at least 4 members (excludes halogenated alkanes) is 18. The van der Waals surface area contributed by atoms with Gasteiger partial charge in [-0.2, -0.15) is 0 Å². The summed E-state index contributed by atoms with van der Waals surface area (Å²) >= 11 is 0. The molecule has 2 atom stereocenters. The van der Waals surface area contributed by atoms with Crippen molar-refractivity contribution in [3.8, 4) is 0 Å². The summed E-state index contributed by atoms with van der Waals surface area (Å²) < 4.78 is 0. The quantitative estimate of drug-likeness (QED) is 0.125. The molecule has 0 radical (unpaired) electrons. The molecule has 0 fully saturated rings. The molecular formula is C28H57NO3. The minimum atomic E-state index is -0.647. The predicted molar refractivity (Wildman–Crippen MR) is 138 cm³/mol. The molecule has 2 unspecified atom stereocenters. The highest BCUT2D eigenvalue weighted by Crippen LogP contribution is 2.15. The zero-order valence-corrected chi connectivity index (χ0v) is 21.7. The smallest absolute Gasteiger partial charge is 0.220 e. The van der Waals surface area contributed by atoms with Gasteiger partial charge in [0.25, 0.3) is 0 Å². The molecule has 0 aromatic rings. The highest BCUT2D eigenvalue weighted by atomic mass is 16.3.